The Morgan fingerprint density at radius 2 is 2.45 bits per heavy atom. The van der Waals surface area contributed by atoms with Gasteiger partial charge in [0, 0.05) is 6.61 Å². The zero-order valence-electron chi connectivity index (χ0n) is 7.34. The van der Waals surface area contributed by atoms with Crippen molar-refractivity contribution in [1.82, 2.24) is 0 Å². The monoisotopic (exact) mass is 154 g/mol. The highest BCUT2D eigenvalue weighted by molar-refractivity contribution is 5.07. The molecule has 1 N–H and O–H groups in total. The van der Waals surface area contributed by atoms with Gasteiger partial charge in [-0.1, -0.05) is 25.0 Å². The van der Waals surface area contributed by atoms with Crippen LogP contribution in [0.25, 0.3) is 0 Å². The summed E-state index contributed by atoms with van der Waals surface area (Å²) in [5, 5.41) is 8.88. The minimum atomic E-state index is 0.378. The molecule has 0 bridgehead atoms. The molecule has 1 aliphatic carbocycles. The van der Waals surface area contributed by atoms with Crippen molar-refractivity contribution >= 4 is 0 Å². The molecule has 0 heterocycles. The molecular formula is C10H18O. The normalized spacial score (nSPS) is 28.2. The lowest BCUT2D eigenvalue weighted by molar-refractivity contribution is 0.231. The number of hydrogen-bond acceptors (Lipinski definition) is 1. The van der Waals surface area contributed by atoms with Crippen LogP contribution in [0.5, 0.6) is 0 Å². The van der Waals surface area contributed by atoms with Crippen molar-refractivity contribution in [3.8, 4) is 0 Å². The molecule has 0 saturated heterocycles. The summed E-state index contributed by atoms with van der Waals surface area (Å²) in [5.74, 6) is 0.568. The molecule has 0 amide bonds. The summed E-state index contributed by atoms with van der Waals surface area (Å²) in [5.41, 5.74) is 1.57. The fourth-order valence-corrected chi connectivity index (χ4v) is 1.65. The van der Waals surface area contributed by atoms with E-state index in [0.717, 1.165) is 6.42 Å². The van der Waals surface area contributed by atoms with E-state index in [9.17, 15) is 0 Å². The first-order valence-corrected chi connectivity index (χ1v) is 4.65. The van der Waals surface area contributed by atoms with Crippen molar-refractivity contribution in [2.45, 2.75) is 39.0 Å². The van der Waals surface area contributed by atoms with Crippen molar-refractivity contribution in [2.24, 2.45) is 5.92 Å². The molecular weight excluding hydrogens is 136 g/mol. The Balaban J connectivity index is 2.28. The van der Waals surface area contributed by atoms with Crippen LogP contribution >= 0.6 is 0 Å². The number of hydrogen-bond donors (Lipinski definition) is 1. The molecule has 1 fully saturated rings. The molecule has 0 aromatic heterocycles. The summed E-state index contributed by atoms with van der Waals surface area (Å²) in [4.78, 5) is 0. The molecule has 64 valence electrons. The molecule has 0 aliphatic heterocycles. The van der Waals surface area contributed by atoms with Crippen LogP contribution in [-0.2, 0) is 0 Å². The molecule has 1 rings (SSSR count). The predicted octanol–water partition coefficient (Wildman–Crippen LogP) is 2.51. The minimum Gasteiger partial charge on any atom is -0.396 e. The van der Waals surface area contributed by atoms with Crippen molar-refractivity contribution < 1.29 is 5.11 Å². The molecule has 1 nitrogen and oxygen atoms in total. The van der Waals surface area contributed by atoms with Gasteiger partial charge in [-0.15, -0.1) is 0 Å². The number of aliphatic hydroxyl groups excluding tert-OH is 1. The van der Waals surface area contributed by atoms with Gasteiger partial charge in [-0.3, -0.25) is 0 Å². The Morgan fingerprint density at radius 3 is 3.00 bits per heavy atom. The van der Waals surface area contributed by atoms with Crippen LogP contribution in [-0.4, -0.2) is 11.7 Å². The van der Waals surface area contributed by atoms with Crippen LogP contribution in [0.4, 0.5) is 0 Å². The van der Waals surface area contributed by atoms with Gasteiger partial charge in [0.25, 0.3) is 0 Å². The van der Waals surface area contributed by atoms with Crippen molar-refractivity contribution in [1.29, 1.82) is 0 Å². The standard InChI is InChI=1S/C10H18O/c1-2-3-4-9-5-6-10(7-9)8-11/h4,10-11H,2-3,5-8H2,1H3/b9-4+/t10-/m0/s1. The Labute approximate surface area is 69.1 Å². The predicted molar refractivity (Wildman–Crippen MR) is 47.4 cm³/mol. The van der Waals surface area contributed by atoms with Gasteiger partial charge in [0.05, 0.1) is 0 Å². The highest BCUT2D eigenvalue weighted by Gasteiger charge is 2.17. The molecule has 1 aliphatic rings. The summed E-state index contributed by atoms with van der Waals surface area (Å²) in [6.45, 7) is 2.58. The second kappa shape index (κ2) is 4.55. The van der Waals surface area contributed by atoms with Gasteiger partial charge in [0.15, 0.2) is 0 Å². The smallest absolute Gasteiger partial charge is 0.0462 e. The minimum absolute atomic E-state index is 0.378. The lowest BCUT2D eigenvalue weighted by Crippen LogP contribution is -1.97. The fourth-order valence-electron chi connectivity index (χ4n) is 1.65. The molecule has 1 atom stereocenters. The summed E-state index contributed by atoms with van der Waals surface area (Å²) >= 11 is 0. The lowest BCUT2D eigenvalue weighted by Gasteiger charge is -2.00. The van der Waals surface area contributed by atoms with E-state index in [4.69, 9.17) is 5.11 Å². The Kier molecular flexibility index (Phi) is 3.64. The van der Waals surface area contributed by atoms with Crippen LogP contribution in [0.3, 0.4) is 0 Å². The number of aliphatic hydroxyl groups is 1. The van der Waals surface area contributed by atoms with Gasteiger partial charge < -0.3 is 5.11 Å². The molecule has 0 radical (unpaired) electrons. The third kappa shape index (κ3) is 2.66. The van der Waals surface area contributed by atoms with Crippen LogP contribution in [0.1, 0.15) is 39.0 Å². The number of allylic oxidation sites excluding steroid dienone is 2. The first kappa shape index (κ1) is 8.79. The summed E-state index contributed by atoms with van der Waals surface area (Å²) in [6.07, 6.45) is 8.39. The topological polar surface area (TPSA) is 20.2 Å². The zero-order chi connectivity index (χ0) is 8.10. The van der Waals surface area contributed by atoms with Gasteiger partial charge in [0.2, 0.25) is 0 Å². The van der Waals surface area contributed by atoms with Gasteiger partial charge >= 0.3 is 0 Å². The van der Waals surface area contributed by atoms with Crippen molar-refractivity contribution in [2.75, 3.05) is 6.61 Å². The van der Waals surface area contributed by atoms with Gasteiger partial charge in [-0.25, -0.2) is 0 Å². The van der Waals surface area contributed by atoms with E-state index in [1.165, 1.54) is 25.7 Å². The van der Waals surface area contributed by atoms with E-state index < -0.39 is 0 Å². The van der Waals surface area contributed by atoms with E-state index in [2.05, 4.69) is 13.0 Å². The van der Waals surface area contributed by atoms with Gasteiger partial charge in [0.1, 0.15) is 0 Å². The molecule has 0 unspecified atom stereocenters. The second-order valence-electron chi connectivity index (χ2n) is 3.44. The van der Waals surface area contributed by atoms with E-state index in [0.29, 0.717) is 12.5 Å². The third-order valence-corrected chi connectivity index (χ3v) is 2.40. The van der Waals surface area contributed by atoms with Gasteiger partial charge in [-0.05, 0) is 31.6 Å². The first-order valence-electron chi connectivity index (χ1n) is 4.65. The molecule has 11 heavy (non-hydrogen) atoms. The number of unbranched alkanes of at least 4 members (excludes halogenated alkanes) is 1. The van der Waals surface area contributed by atoms with Crippen molar-refractivity contribution in [3.05, 3.63) is 11.6 Å². The Morgan fingerprint density at radius 1 is 1.64 bits per heavy atom. The number of rotatable bonds is 3. The average Bonchev–Trinajstić information content (AvgIpc) is 2.48. The molecule has 1 saturated carbocycles. The molecule has 0 aromatic carbocycles. The van der Waals surface area contributed by atoms with Crippen LogP contribution < -0.4 is 0 Å². The maximum atomic E-state index is 8.88. The van der Waals surface area contributed by atoms with E-state index >= 15 is 0 Å². The van der Waals surface area contributed by atoms with Crippen molar-refractivity contribution in [3.63, 3.8) is 0 Å². The third-order valence-electron chi connectivity index (χ3n) is 2.40. The van der Waals surface area contributed by atoms with E-state index in [1.54, 1.807) is 5.57 Å². The molecule has 0 spiro atoms. The van der Waals surface area contributed by atoms with E-state index in [-0.39, 0.29) is 0 Å². The quantitative estimate of drug-likeness (QED) is 0.619. The fraction of sp³-hybridized carbons (Fsp3) is 0.800. The highest BCUT2D eigenvalue weighted by atomic mass is 16.3. The average molecular weight is 154 g/mol. The van der Waals surface area contributed by atoms with E-state index in [1.807, 2.05) is 0 Å². The van der Waals surface area contributed by atoms with Crippen LogP contribution in [0, 0.1) is 5.92 Å². The zero-order valence-corrected chi connectivity index (χ0v) is 7.34. The lowest BCUT2D eigenvalue weighted by atomic mass is 10.1. The van der Waals surface area contributed by atoms with Crippen LogP contribution in [0.2, 0.25) is 0 Å². The SMILES string of the molecule is CCC/C=C1\CC[C@H](CO)C1. The molecule has 1 heteroatoms. The molecule has 0 aromatic rings. The summed E-state index contributed by atoms with van der Waals surface area (Å²) in [7, 11) is 0. The highest BCUT2D eigenvalue weighted by Crippen LogP contribution is 2.29. The maximum Gasteiger partial charge on any atom is 0.0462 e. The second-order valence-corrected chi connectivity index (χ2v) is 3.44. The Hall–Kier alpha value is -0.300. The van der Waals surface area contributed by atoms with Gasteiger partial charge in [-0.2, -0.15) is 0 Å². The first-order chi connectivity index (χ1) is 5.36. The summed E-state index contributed by atoms with van der Waals surface area (Å²) < 4.78 is 0. The maximum absolute atomic E-state index is 8.88. The van der Waals surface area contributed by atoms with Crippen LogP contribution in [0.15, 0.2) is 11.6 Å². The summed E-state index contributed by atoms with van der Waals surface area (Å²) in [6, 6.07) is 0. The largest absolute Gasteiger partial charge is 0.396 e. The Bertz CT molecular complexity index is 138.